The van der Waals surface area contributed by atoms with Crippen LogP contribution in [0.4, 0.5) is 0 Å². The largest absolute Gasteiger partial charge is 0.310 e. The lowest BCUT2D eigenvalue weighted by atomic mass is 10.1. The Kier molecular flexibility index (Phi) is 4.10. The molecule has 0 aliphatic heterocycles. The van der Waals surface area contributed by atoms with E-state index in [9.17, 15) is 4.79 Å². The summed E-state index contributed by atoms with van der Waals surface area (Å²) < 4.78 is 0.730. The van der Waals surface area contributed by atoms with Crippen LogP contribution in [-0.4, -0.2) is 9.97 Å². The van der Waals surface area contributed by atoms with Crippen molar-refractivity contribution in [1.29, 1.82) is 0 Å². The van der Waals surface area contributed by atoms with E-state index < -0.39 is 0 Å². The number of hydrogen-bond donors (Lipinski definition) is 1. The molecule has 3 nitrogen and oxygen atoms in total. The van der Waals surface area contributed by atoms with Crippen LogP contribution < -0.4 is 5.56 Å². The van der Waals surface area contributed by atoms with Gasteiger partial charge in [-0.3, -0.25) is 4.79 Å². The van der Waals surface area contributed by atoms with Crippen molar-refractivity contribution in [1.82, 2.24) is 9.97 Å². The third-order valence-corrected chi connectivity index (χ3v) is 3.03. The summed E-state index contributed by atoms with van der Waals surface area (Å²) >= 11 is 2.07. The van der Waals surface area contributed by atoms with Crippen molar-refractivity contribution in [3.63, 3.8) is 0 Å². The molecule has 4 heteroatoms. The molecule has 0 fully saturated rings. The number of nitrogens with one attached hydrogen (secondary N) is 1. The van der Waals surface area contributed by atoms with Crippen LogP contribution in [0.25, 0.3) is 0 Å². The predicted molar refractivity (Wildman–Crippen MR) is 65.5 cm³/mol. The third kappa shape index (κ3) is 2.80. The van der Waals surface area contributed by atoms with Crippen LogP contribution in [0, 0.1) is 9.49 Å². The van der Waals surface area contributed by atoms with Crippen molar-refractivity contribution in [2.24, 2.45) is 5.92 Å². The summed E-state index contributed by atoms with van der Waals surface area (Å²) in [6.45, 7) is 6.25. The zero-order valence-electron chi connectivity index (χ0n) is 8.72. The number of rotatable bonds is 3. The Morgan fingerprint density at radius 1 is 1.50 bits per heavy atom. The molecule has 0 spiro atoms. The highest BCUT2D eigenvalue weighted by molar-refractivity contribution is 14.1. The van der Waals surface area contributed by atoms with Gasteiger partial charge in [-0.25, -0.2) is 4.98 Å². The van der Waals surface area contributed by atoms with Gasteiger partial charge in [-0.05, 0) is 34.9 Å². The Morgan fingerprint density at radius 3 is 2.64 bits per heavy atom. The molecule has 0 aliphatic carbocycles. The van der Waals surface area contributed by atoms with Gasteiger partial charge in [-0.1, -0.05) is 20.8 Å². The SMILES string of the molecule is CCc1nc(CC(C)C)c(I)c(=O)[nH]1. The average Bonchev–Trinajstić information content (AvgIpc) is 2.11. The predicted octanol–water partition coefficient (Wildman–Crippen LogP) is 2.14. The minimum atomic E-state index is -0.00639. The van der Waals surface area contributed by atoms with Crippen LogP contribution in [0.2, 0.25) is 0 Å². The second-order valence-electron chi connectivity index (χ2n) is 3.72. The summed E-state index contributed by atoms with van der Waals surface area (Å²) in [5.74, 6) is 1.31. The molecule has 1 N–H and O–H groups in total. The Bertz CT molecular complexity index is 371. The molecule has 1 heterocycles. The van der Waals surface area contributed by atoms with E-state index in [0.29, 0.717) is 5.92 Å². The fraction of sp³-hybridized carbons (Fsp3) is 0.600. The maximum atomic E-state index is 11.5. The lowest BCUT2D eigenvalue weighted by molar-refractivity contribution is 0.626. The lowest BCUT2D eigenvalue weighted by Crippen LogP contribution is -2.18. The highest BCUT2D eigenvalue weighted by Gasteiger charge is 2.09. The summed E-state index contributed by atoms with van der Waals surface area (Å²) in [4.78, 5) is 18.7. The highest BCUT2D eigenvalue weighted by Crippen LogP contribution is 2.10. The van der Waals surface area contributed by atoms with Gasteiger partial charge in [0.05, 0.1) is 9.26 Å². The van der Waals surface area contributed by atoms with Crippen LogP contribution in [0.15, 0.2) is 4.79 Å². The van der Waals surface area contributed by atoms with Crippen LogP contribution >= 0.6 is 22.6 Å². The first-order chi connectivity index (χ1) is 6.54. The number of halogens is 1. The first-order valence-corrected chi connectivity index (χ1v) is 5.90. The Labute approximate surface area is 97.5 Å². The van der Waals surface area contributed by atoms with E-state index in [0.717, 1.165) is 27.9 Å². The fourth-order valence-electron chi connectivity index (χ4n) is 1.25. The molecule has 14 heavy (non-hydrogen) atoms. The van der Waals surface area contributed by atoms with Gasteiger partial charge in [-0.2, -0.15) is 0 Å². The Morgan fingerprint density at radius 2 is 2.14 bits per heavy atom. The second kappa shape index (κ2) is 4.91. The van der Waals surface area contributed by atoms with Crippen molar-refractivity contribution in [3.8, 4) is 0 Å². The van der Waals surface area contributed by atoms with Crippen molar-refractivity contribution in [3.05, 3.63) is 25.4 Å². The smallest absolute Gasteiger partial charge is 0.264 e. The maximum Gasteiger partial charge on any atom is 0.264 e. The maximum absolute atomic E-state index is 11.5. The number of nitrogens with zero attached hydrogens (tertiary/aromatic N) is 1. The van der Waals surface area contributed by atoms with Crippen LogP contribution in [-0.2, 0) is 12.8 Å². The quantitative estimate of drug-likeness (QED) is 0.870. The van der Waals surface area contributed by atoms with Crippen molar-refractivity contribution < 1.29 is 0 Å². The molecule has 78 valence electrons. The van der Waals surface area contributed by atoms with E-state index in [1.807, 2.05) is 6.92 Å². The van der Waals surface area contributed by atoms with Gasteiger partial charge in [-0.15, -0.1) is 0 Å². The van der Waals surface area contributed by atoms with Crippen LogP contribution in [0.5, 0.6) is 0 Å². The molecule has 0 saturated heterocycles. The number of H-pyrrole nitrogens is 1. The van der Waals surface area contributed by atoms with E-state index in [4.69, 9.17) is 0 Å². The molecular formula is C10H15IN2O. The molecule has 0 aromatic carbocycles. The van der Waals surface area contributed by atoms with Gasteiger partial charge < -0.3 is 4.98 Å². The summed E-state index contributed by atoms with van der Waals surface area (Å²) in [5, 5.41) is 0. The van der Waals surface area contributed by atoms with Gasteiger partial charge >= 0.3 is 0 Å². The topological polar surface area (TPSA) is 45.8 Å². The molecule has 0 radical (unpaired) electrons. The Balaban J connectivity index is 3.14. The minimum Gasteiger partial charge on any atom is -0.310 e. The zero-order chi connectivity index (χ0) is 10.7. The molecule has 0 amide bonds. The zero-order valence-corrected chi connectivity index (χ0v) is 10.9. The average molecular weight is 306 g/mol. The Hall–Kier alpha value is -0.390. The minimum absolute atomic E-state index is 0.00639. The van der Waals surface area contributed by atoms with Gasteiger partial charge in [0.15, 0.2) is 0 Å². The van der Waals surface area contributed by atoms with Crippen molar-refractivity contribution in [2.75, 3.05) is 0 Å². The molecule has 1 aromatic heterocycles. The molecule has 1 rings (SSSR count). The summed E-state index contributed by atoms with van der Waals surface area (Å²) in [7, 11) is 0. The number of aryl methyl sites for hydroxylation is 1. The fourth-order valence-corrected chi connectivity index (χ4v) is 1.72. The van der Waals surface area contributed by atoms with Crippen LogP contribution in [0.1, 0.15) is 32.3 Å². The van der Waals surface area contributed by atoms with E-state index >= 15 is 0 Å². The van der Waals surface area contributed by atoms with Gasteiger partial charge in [0, 0.05) is 6.42 Å². The highest BCUT2D eigenvalue weighted by atomic mass is 127. The standard InChI is InChI=1S/C10H15IN2O/c1-4-8-12-7(5-6(2)3)9(11)10(14)13-8/h6H,4-5H2,1-3H3,(H,12,13,14). The first-order valence-electron chi connectivity index (χ1n) is 4.82. The number of aromatic nitrogens is 2. The van der Waals surface area contributed by atoms with Gasteiger partial charge in [0.25, 0.3) is 5.56 Å². The first kappa shape index (κ1) is 11.7. The third-order valence-electron chi connectivity index (χ3n) is 1.92. The summed E-state index contributed by atoms with van der Waals surface area (Å²) in [5.41, 5.74) is 0.925. The molecular weight excluding hydrogens is 291 g/mol. The molecule has 0 saturated carbocycles. The monoisotopic (exact) mass is 306 g/mol. The van der Waals surface area contributed by atoms with E-state index in [-0.39, 0.29) is 5.56 Å². The number of hydrogen-bond acceptors (Lipinski definition) is 2. The van der Waals surface area contributed by atoms with E-state index in [1.165, 1.54) is 0 Å². The van der Waals surface area contributed by atoms with Crippen LogP contribution in [0.3, 0.4) is 0 Å². The summed E-state index contributed by atoms with van der Waals surface area (Å²) in [6.07, 6.45) is 1.65. The van der Waals surface area contributed by atoms with E-state index in [2.05, 4.69) is 46.4 Å². The summed E-state index contributed by atoms with van der Waals surface area (Å²) in [6, 6.07) is 0. The lowest BCUT2D eigenvalue weighted by Gasteiger charge is -2.07. The van der Waals surface area contributed by atoms with E-state index in [1.54, 1.807) is 0 Å². The second-order valence-corrected chi connectivity index (χ2v) is 4.80. The molecule has 0 atom stereocenters. The van der Waals surface area contributed by atoms with Gasteiger partial charge in [0.2, 0.25) is 0 Å². The normalized spacial score (nSPS) is 10.9. The molecule has 0 unspecified atom stereocenters. The van der Waals surface area contributed by atoms with Crippen molar-refractivity contribution in [2.45, 2.75) is 33.6 Å². The molecule has 0 bridgehead atoms. The van der Waals surface area contributed by atoms with Gasteiger partial charge in [0.1, 0.15) is 5.82 Å². The number of aromatic amines is 1. The van der Waals surface area contributed by atoms with Crippen molar-refractivity contribution >= 4 is 22.6 Å². The molecule has 0 aliphatic rings. The molecule has 1 aromatic rings.